The van der Waals surface area contributed by atoms with Crippen molar-refractivity contribution in [1.82, 2.24) is 10.6 Å². The largest absolute Gasteiger partial charge is 0.445 e. The zero-order valence-electron chi connectivity index (χ0n) is 11.2. The number of hydrogen-bond acceptors (Lipinski definition) is 3. The summed E-state index contributed by atoms with van der Waals surface area (Å²) in [4.78, 5) is 23.6. The molecule has 2 N–H and O–H groups in total. The van der Waals surface area contributed by atoms with Crippen molar-refractivity contribution < 1.29 is 14.3 Å². The van der Waals surface area contributed by atoms with Gasteiger partial charge in [-0.2, -0.15) is 0 Å². The molecule has 0 unspecified atom stereocenters. The molecule has 1 saturated carbocycles. The van der Waals surface area contributed by atoms with Gasteiger partial charge in [0.25, 0.3) is 0 Å². The first-order chi connectivity index (χ1) is 9.74. The van der Waals surface area contributed by atoms with E-state index in [4.69, 9.17) is 4.74 Å². The molecule has 20 heavy (non-hydrogen) atoms. The van der Waals surface area contributed by atoms with Gasteiger partial charge in [0.2, 0.25) is 5.91 Å². The van der Waals surface area contributed by atoms with Crippen molar-refractivity contribution in [3.63, 3.8) is 0 Å². The van der Waals surface area contributed by atoms with Crippen LogP contribution < -0.4 is 10.6 Å². The zero-order chi connectivity index (χ0) is 13.9. The molecule has 0 spiro atoms. The molecule has 1 aliphatic carbocycles. The summed E-state index contributed by atoms with van der Waals surface area (Å²) in [5.74, 6) is 0.128. The van der Waals surface area contributed by atoms with Crippen LogP contribution >= 0.6 is 0 Å². The van der Waals surface area contributed by atoms with Crippen LogP contribution in [0.25, 0.3) is 0 Å². The third-order valence-electron chi connectivity index (χ3n) is 4.09. The molecule has 2 aliphatic rings. The molecule has 0 radical (unpaired) electrons. The second-order valence-corrected chi connectivity index (χ2v) is 5.39. The molecule has 0 bridgehead atoms. The van der Waals surface area contributed by atoms with Gasteiger partial charge in [-0.15, -0.1) is 0 Å². The Bertz CT molecular complexity index is 503. The van der Waals surface area contributed by atoms with E-state index in [-0.39, 0.29) is 24.5 Å². The quantitative estimate of drug-likeness (QED) is 0.879. The van der Waals surface area contributed by atoms with Crippen LogP contribution in [0.1, 0.15) is 24.8 Å². The fourth-order valence-electron chi connectivity index (χ4n) is 3.10. The number of ether oxygens (including phenoxy) is 1. The van der Waals surface area contributed by atoms with E-state index >= 15 is 0 Å². The van der Waals surface area contributed by atoms with Crippen molar-refractivity contribution in [3.8, 4) is 0 Å². The van der Waals surface area contributed by atoms with E-state index < -0.39 is 12.1 Å². The van der Waals surface area contributed by atoms with Gasteiger partial charge in [-0.25, -0.2) is 4.79 Å². The summed E-state index contributed by atoms with van der Waals surface area (Å²) in [7, 11) is 0. The van der Waals surface area contributed by atoms with E-state index in [1.165, 1.54) is 0 Å². The number of benzene rings is 1. The molecule has 1 aliphatic heterocycles. The summed E-state index contributed by atoms with van der Waals surface area (Å²) in [5, 5.41) is 5.63. The Labute approximate surface area is 117 Å². The van der Waals surface area contributed by atoms with Crippen LogP contribution in [0.3, 0.4) is 0 Å². The third kappa shape index (κ3) is 2.61. The number of alkyl carbamates (subject to hydrolysis) is 1. The highest BCUT2D eigenvalue weighted by Crippen LogP contribution is 2.32. The van der Waals surface area contributed by atoms with Crippen molar-refractivity contribution in [3.05, 3.63) is 35.9 Å². The minimum atomic E-state index is -0.526. The molecule has 5 heteroatoms. The van der Waals surface area contributed by atoms with Gasteiger partial charge >= 0.3 is 6.09 Å². The summed E-state index contributed by atoms with van der Waals surface area (Å²) >= 11 is 0. The third-order valence-corrected chi connectivity index (χ3v) is 4.09. The fraction of sp³-hybridized carbons (Fsp3) is 0.467. The number of amides is 2. The lowest BCUT2D eigenvalue weighted by Gasteiger charge is -2.16. The normalized spacial score (nSPS) is 27.8. The Balaban J connectivity index is 1.52. The van der Waals surface area contributed by atoms with Crippen molar-refractivity contribution in [2.24, 2.45) is 5.92 Å². The molecule has 1 aromatic rings. The average Bonchev–Trinajstić information content (AvgIpc) is 3.01. The van der Waals surface area contributed by atoms with Gasteiger partial charge in [-0.1, -0.05) is 36.8 Å². The summed E-state index contributed by atoms with van der Waals surface area (Å²) in [6, 6.07) is 9.26. The van der Waals surface area contributed by atoms with Gasteiger partial charge in [0.05, 0.1) is 0 Å². The fourth-order valence-corrected chi connectivity index (χ4v) is 3.10. The van der Waals surface area contributed by atoms with E-state index in [0.717, 1.165) is 24.8 Å². The van der Waals surface area contributed by atoms with Crippen LogP contribution in [0, 0.1) is 5.92 Å². The van der Waals surface area contributed by atoms with Crippen molar-refractivity contribution in [1.29, 1.82) is 0 Å². The predicted molar refractivity (Wildman–Crippen MR) is 72.8 cm³/mol. The minimum Gasteiger partial charge on any atom is -0.445 e. The highest BCUT2D eigenvalue weighted by Gasteiger charge is 2.45. The second kappa shape index (κ2) is 5.53. The number of carbonyl (C=O) groups is 2. The Hall–Kier alpha value is -2.04. The maximum atomic E-state index is 11.8. The standard InChI is InChI=1S/C15H18N2O3/c18-14-13(11-7-4-8-12(11)16-14)17-15(19)20-9-10-5-2-1-3-6-10/h1-3,5-6,11-13H,4,7-9H2,(H,16,18)(H,17,19)/t11-,12-,13-/m1/s1. The highest BCUT2D eigenvalue weighted by atomic mass is 16.5. The van der Waals surface area contributed by atoms with E-state index in [1.54, 1.807) is 0 Å². The topological polar surface area (TPSA) is 67.4 Å². The van der Waals surface area contributed by atoms with Gasteiger partial charge in [0, 0.05) is 12.0 Å². The summed E-state index contributed by atoms with van der Waals surface area (Å²) in [5.41, 5.74) is 0.928. The number of nitrogens with one attached hydrogen (secondary N) is 2. The zero-order valence-corrected chi connectivity index (χ0v) is 11.2. The molecule has 3 rings (SSSR count). The maximum Gasteiger partial charge on any atom is 0.408 e. The smallest absolute Gasteiger partial charge is 0.408 e. The second-order valence-electron chi connectivity index (χ2n) is 5.39. The monoisotopic (exact) mass is 274 g/mol. The molecule has 5 nitrogen and oxygen atoms in total. The predicted octanol–water partition coefficient (Wildman–Crippen LogP) is 1.58. The van der Waals surface area contributed by atoms with Crippen LogP contribution in [0.2, 0.25) is 0 Å². The molecule has 1 saturated heterocycles. The maximum absolute atomic E-state index is 11.8. The van der Waals surface area contributed by atoms with Crippen LogP contribution in [0.4, 0.5) is 4.79 Å². The summed E-state index contributed by atoms with van der Waals surface area (Å²) in [6.07, 6.45) is 2.56. The molecular weight excluding hydrogens is 256 g/mol. The first kappa shape index (κ1) is 13.0. The molecule has 106 valence electrons. The Kier molecular flexibility index (Phi) is 3.58. The lowest BCUT2D eigenvalue weighted by atomic mass is 9.99. The van der Waals surface area contributed by atoms with E-state index in [0.29, 0.717) is 0 Å². The average molecular weight is 274 g/mol. The Morgan fingerprint density at radius 3 is 2.90 bits per heavy atom. The van der Waals surface area contributed by atoms with Crippen LogP contribution in [-0.2, 0) is 16.1 Å². The lowest BCUT2D eigenvalue weighted by Crippen LogP contribution is -2.43. The van der Waals surface area contributed by atoms with Gasteiger partial charge in [-0.05, 0) is 18.4 Å². The minimum absolute atomic E-state index is 0.0867. The van der Waals surface area contributed by atoms with Crippen LogP contribution in [0.15, 0.2) is 30.3 Å². The lowest BCUT2D eigenvalue weighted by molar-refractivity contribution is -0.121. The van der Waals surface area contributed by atoms with E-state index in [9.17, 15) is 9.59 Å². The molecule has 3 atom stereocenters. The molecular formula is C15H18N2O3. The number of carbonyl (C=O) groups excluding carboxylic acids is 2. The van der Waals surface area contributed by atoms with Crippen molar-refractivity contribution >= 4 is 12.0 Å². The molecule has 2 fully saturated rings. The Morgan fingerprint density at radius 2 is 2.10 bits per heavy atom. The van der Waals surface area contributed by atoms with Gasteiger partial charge in [0.15, 0.2) is 0 Å². The van der Waals surface area contributed by atoms with Crippen molar-refractivity contribution in [2.45, 2.75) is 38.0 Å². The van der Waals surface area contributed by atoms with Crippen molar-refractivity contribution in [2.75, 3.05) is 0 Å². The summed E-state index contributed by atoms with van der Waals surface area (Å²) < 4.78 is 5.16. The number of fused-ring (bicyclic) bond motifs is 1. The number of hydrogen-bond donors (Lipinski definition) is 2. The van der Waals surface area contributed by atoms with Gasteiger partial charge < -0.3 is 15.4 Å². The summed E-state index contributed by atoms with van der Waals surface area (Å²) in [6.45, 7) is 0.217. The van der Waals surface area contributed by atoms with Gasteiger partial charge in [-0.3, -0.25) is 4.79 Å². The Morgan fingerprint density at radius 1 is 1.30 bits per heavy atom. The first-order valence-corrected chi connectivity index (χ1v) is 7.01. The number of rotatable bonds is 3. The molecule has 1 aromatic carbocycles. The first-order valence-electron chi connectivity index (χ1n) is 7.01. The molecule has 1 heterocycles. The molecule has 2 amide bonds. The van der Waals surface area contributed by atoms with Crippen LogP contribution in [0.5, 0.6) is 0 Å². The highest BCUT2D eigenvalue weighted by molar-refractivity contribution is 5.88. The van der Waals surface area contributed by atoms with Crippen LogP contribution in [-0.4, -0.2) is 24.1 Å². The molecule has 0 aromatic heterocycles. The van der Waals surface area contributed by atoms with E-state index in [2.05, 4.69) is 10.6 Å². The van der Waals surface area contributed by atoms with Gasteiger partial charge in [0.1, 0.15) is 12.6 Å². The SMILES string of the molecule is O=C(N[C@H]1C(=O)N[C@@H]2CCC[C@H]21)OCc1ccccc1. The van der Waals surface area contributed by atoms with E-state index in [1.807, 2.05) is 30.3 Å².